The average molecular weight is 369 g/mol. The van der Waals surface area contributed by atoms with Gasteiger partial charge in [-0.2, -0.15) is 0 Å². The Balaban J connectivity index is 1.82. The first-order valence-corrected chi connectivity index (χ1v) is 8.46. The number of fused-ring (bicyclic) bond motifs is 1. The van der Waals surface area contributed by atoms with Crippen molar-refractivity contribution in [2.75, 3.05) is 0 Å². The fourth-order valence-electron chi connectivity index (χ4n) is 3.10. The Morgan fingerprint density at radius 2 is 1.85 bits per heavy atom. The lowest BCUT2D eigenvalue weighted by Crippen LogP contribution is -2.53. The van der Waals surface area contributed by atoms with Crippen LogP contribution >= 0.6 is 0 Å². The first kappa shape index (κ1) is 18.9. The zero-order valence-corrected chi connectivity index (χ0v) is 14.5. The van der Waals surface area contributed by atoms with Crippen molar-refractivity contribution < 1.29 is 24.4 Å². The molecule has 9 heteroatoms. The third kappa shape index (κ3) is 3.95. The highest BCUT2D eigenvalue weighted by atomic mass is 16.5. The number of carbonyl (C=O) groups is 2. The Morgan fingerprint density at radius 3 is 2.44 bits per heavy atom. The van der Waals surface area contributed by atoms with Crippen LogP contribution in [-0.2, 0) is 19.5 Å². The van der Waals surface area contributed by atoms with Gasteiger partial charge in [-0.1, -0.05) is 18.2 Å². The van der Waals surface area contributed by atoms with Crippen LogP contribution in [0.5, 0.6) is 5.75 Å². The van der Waals surface area contributed by atoms with Crippen LogP contribution in [0, 0.1) is 0 Å². The molecule has 140 valence electrons. The molecule has 1 atom stereocenters. The van der Waals surface area contributed by atoms with Gasteiger partial charge in [0.25, 0.3) is 5.91 Å². The first-order valence-electron chi connectivity index (χ1n) is 8.46. The van der Waals surface area contributed by atoms with Crippen molar-refractivity contribution in [2.45, 2.75) is 25.5 Å². The van der Waals surface area contributed by atoms with Gasteiger partial charge in [0, 0.05) is 18.7 Å². The Hall–Kier alpha value is -2.88. The summed E-state index contributed by atoms with van der Waals surface area (Å²) in [6.45, 7) is 0.545. The van der Waals surface area contributed by atoms with Gasteiger partial charge in [-0.25, -0.2) is 4.79 Å². The van der Waals surface area contributed by atoms with E-state index < -0.39 is 24.9 Å². The molecule has 8 nitrogen and oxygen atoms in total. The van der Waals surface area contributed by atoms with Crippen LogP contribution in [0.2, 0.25) is 0 Å². The van der Waals surface area contributed by atoms with E-state index in [9.17, 15) is 19.7 Å². The number of para-hydroxylation sites is 1. The number of amides is 1. The number of carboxylic acid groups (broad SMARTS) is 1. The zero-order chi connectivity index (χ0) is 19.6. The summed E-state index contributed by atoms with van der Waals surface area (Å²) in [5, 5.41) is 22.2. The number of carbonyl (C=O) groups excluding carboxylic acids is 1. The van der Waals surface area contributed by atoms with Crippen molar-refractivity contribution >= 4 is 19.0 Å². The number of rotatable bonds is 5. The monoisotopic (exact) mass is 369 g/mol. The maximum absolute atomic E-state index is 12.6. The van der Waals surface area contributed by atoms with Crippen LogP contribution in [0.1, 0.15) is 37.4 Å². The van der Waals surface area contributed by atoms with Crippen LogP contribution in [-0.4, -0.2) is 35.1 Å². The summed E-state index contributed by atoms with van der Waals surface area (Å²) in [5.74, 6) is -2.14. The van der Waals surface area contributed by atoms with Crippen molar-refractivity contribution in [1.82, 2.24) is 5.32 Å². The molecule has 0 aliphatic carbocycles. The molecular weight excluding hydrogens is 349 g/mol. The van der Waals surface area contributed by atoms with Gasteiger partial charge in [-0.3, -0.25) is 4.79 Å². The number of benzene rings is 2. The highest BCUT2D eigenvalue weighted by molar-refractivity contribution is 6.47. The molecule has 2 aromatic carbocycles. The van der Waals surface area contributed by atoms with E-state index in [0.29, 0.717) is 11.1 Å². The lowest BCUT2D eigenvalue weighted by molar-refractivity contribution is 0.0693. The molecule has 2 aromatic rings. The molecule has 3 rings (SSSR count). The molecule has 0 saturated heterocycles. The maximum atomic E-state index is 12.6. The molecule has 7 N–H and O–H groups in total. The van der Waals surface area contributed by atoms with E-state index in [4.69, 9.17) is 16.1 Å². The summed E-state index contributed by atoms with van der Waals surface area (Å²) in [6.07, 6.45) is 0.240. The summed E-state index contributed by atoms with van der Waals surface area (Å²) < 4.78 is 5.38. The SMILES string of the molecule is NCc1cc(CN)cc(C(=O)NC2Cc3cccc(C(=O)O)c3OB2O)c1. The predicted octanol–water partition coefficient (Wildman–Crippen LogP) is 0.0554. The highest BCUT2D eigenvalue weighted by Crippen LogP contribution is 2.30. The van der Waals surface area contributed by atoms with Gasteiger partial charge < -0.3 is 31.6 Å². The molecule has 1 aliphatic heterocycles. The summed E-state index contributed by atoms with van der Waals surface area (Å²) in [6, 6.07) is 9.87. The van der Waals surface area contributed by atoms with E-state index >= 15 is 0 Å². The summed E-state index contributed by atoms with van der Waals surface area (Å²) in [4.78, 5) is 23.9. The Kier molecular flexibility index (Phi) is 5.45. The van der Waals surface area contributed by atoms with Crippen LogP contribution in [0.3, 0.4) is 0 Å². The minimum absolute atomic E-state index is 0.0282. The molecule has 1 unspecified atom stereocenters. The number of carboxylic acids is 1. The average Bonchev–Trinajstić information content (AvgIpc) is 2.67. The van der Waals surface area contributed by atoms with Crippen molar-refractivity contribution in [2.24, 2.45) is 11.5 Å². The summed E-state index contributed by atoms with van der Waals surface area (Å²) in [7, 11) is -1.37. The minimum Gasteiger partial charge on any atom is -0.534 e. The number of aromatic carboxylic acids is 1. The van der Waals surface area contributed by atoms with E-state index in [1.807, 2.05) is 6.07 Å². The number of nitrogens with one attached hydrogen (secondary N) is 1. The predicted molar refractivity (Wildman–Crippen MR) is 99.2 cm³/mol. The Morgan fingerprint density at radius 1 is 1.19 bits per heavy atom. The maximum Gasteiger partial charge on any atom is 0.547 e. The second-order valence-corrected chi connectivity index (χ2v) is 6.34. The summed E-state index contributed by atoms with van der Waals surface area (Å²) in [5.41, 5.74) is 13.8. The molecule has 0 aromatic heterocycles. The van der Waals surface area contributed by atoms with Crippen molar-refractivity contribution in [3.63, 3.8) is 0 Å². The Bertz CT molecular complexity index is 867. The number of nitrogens with two attached hydrogens (primary N) is 2. The van der Waals surface area contributed by atoms with Crippen LogP contribution in [0.4, 0.5) is 0 Å². The lowest BCUT2D eigenvalue weighted by Gasteiger charge is -2.29. The molecule has 27 heavy (non-hydrogen) atoms. The van der Waals surface area contributed by atoms with Gasteiger partial charge in [0.15, 0.2) is 0 Å². The lowest BCUT2D eigenvalue weighted by atomic mass is 9.72. The highest BCUT2D eigenvalue weighted by Gasteiger charge is 2.37. The molecule has 1 aliphatic rings. The first-order chi connectivity index (χ1) is 12.9. The standard InChI is InChI=1S/C18H20BN3O5/c20-8-10-4-11(9-21)6-13(5-10)17(23)22-15-7-12-2-1-3-14(18(24)25)16(12)27-19(15)26/h1-6,15,26H,7-9,20-21H2,(H,22,23)(H,24,25). The van der Waals surface area contributed by atoms with Gasteiger partial charge in [0.1, 0.15) is 5.75 Å². The van der Waals surface area contributed by atoms with Crippen molar-refractivity contribution in [1.29, 1.82) is 0 Å². The van der Waals surface area contributed by atoms with Crippen LogP contribution < -0.4 is 21.4 Å². The zero-order valence-electron chi connectivity index (χ0n) is 14.5. The van der Waals surface area contributed by atoms with E-state index in [2.05, 4.69) is 5.32 Å². The molecule has 1 heterocycles. The van der Waals surface area contributed by atoms with Gasteiger partial charge in [-0.15, -0.1) is 0 Å². The fraction of sp³-hybridized carbons (Fsp3) is 0.222. The van der Waals surface area contributed by atoms with E-state index in [-0.39, 0.29) is 30.8 Å². The fourth-order valence-corrected chi connectivity index (χ4v) is 3.10. The second kappa shape index (κ2) is 7.79. The molecule has 0 bridgehead atoms. The van der Waals surface area contributed by atoms with Crippen LogP contribution in [0.15, 0.2) is 36.4 Å². The van der Waals surface area contributed by atoms with Crippen LogP contribution in [0.25, 0.3) is 0 Å². The quantitative estimate of drug-likeness (QED) is 0.468. The van der Waals surface area contributed by atoms with E-state index in [1.54, 1.807) is 24.3 Å². The second-order valence-electron chi connectivity index (χ2n) is 6.34. The van der Waals surface area contributed by atoms with Gasteiger partial charge in [0.2, 0.25) is 0 Å². The largest absolute Gasteiger partial charge is 0.547 e. The smallest absolute Gasteiger partial charge is 0.534 e. The number of hydrogen-bond acceptors (Lipinski definition) is 6. The molecule has 0 saturated carbocycles. The van der Waals surface area contributed by atoms with Gasteiger partial charge in [0.05, 0.1) is 11.5 Å². The molecule has 1 amide bonds. The Labute approximate surface area is 156 Å². The van der Waals surface area contributed by atoms with Gasteiger partial charge in [-0.05, 0) is 41.3 Å². The van der Waals surface area contributed by atoms with E-state index in [0.717, 1.165) is 11.1 Å². The topological polar surface area (TPSA) is 148 Å². The van der Waals surface area contributed by atoms with E-state index in [1.165, 1.54) is 6.07 Å². The molecule has 0 spiro atoms. The molecule has 0 radical (unpaired) electrons. The number of hydrogen-bond donors (Lipinski definition) is 5. The minimum atomic E-state index is -1.37. The molecule has 0 fully saturated rings. The normalized spacial score (nSPS) is 15.7. The van der Waals surface area contributed by atoms with Gasteiger partial charge >= 0.3 is 13.1 Å². The van der Waals surface area contributed by atoms with Crippen molar-refractivity contribution in [3.8, 4) is 5.75 Å². The summed E-state index contributed by atoms with van der Waals surface area (Å²) >= 11 is 0. The van der Waals surface area contributed by atoms with Crippen molar-refractivity contribution in [3.05, 3.63) is 64.2 Å². The third-order valence-electron chi connectivity index (χ3n) is 4.45. The third-order valence-corrected chi connectivity index (χ3v) is 4.45. The molecular formula is C18H20BN3O5.